The van der Waals surface area contributed by atoms with Gasteiger partial charge in [0.2, 0.25) is 0 Å². The number of benzene rings is 2. The molecule has 0 unspecified atom stereocenters. The Labute approximate surface area is 161 Å². The average molecular weight is 371 g/mol. The molecule has 0 saturated carbocycles. The molecule has 5 heteroatoms. The summed E-state index contributed by atoms with van der Waals surface area (Å²) < 4.78 is 0. The van der Waals surface area contributed by atoms with E-state index >= 15 is 0 Å². The number of carbonyl (C=O) groups excluding carboxylic acids is 2. The van der Waals surface area contributed by atoms with Crippen LogP contribution in [0.25, 0.3) is 0 Å². The topological polar surface area (TPSA) is 77.8 Å². The van der Waals surface area contributed by atoms with E-state index in [0.717, 1.165) is 30.2 Å². The molecule has 0 atom stereocenters. The zero-order valence-electron chi connectivity index (χ0n) is 16.7. The molecule has 146 valence electrons. The molecule has 0 aromatic heterocycles. The summed E-state index contributed by atoms with van der Waals surface area (Å²) >= 11 is 0. The molecule has 0 bridgehead atoms. The first-order valence-electron chi connectivity index (χ1n) is 9.45. The number of phenolic OH excluding ortho intramolecular Hbond substituents is 2. The minimum absolute atomic E-state index is 0.00701. The van der Waals surface area contributed by atoms with Crippen LogP contribution in [0.3, 0.4) is 0 Å². The Hall–Kier alpha value is -2.82. The fourth-order valence-electron chi connectivity index (χ4n) is 2.87. The highest BCUT2D eigenvalue weighted by molar-refractivity contribution is 6.08. The van der Waals surface area contributed by atoms with Crippen LogP contribution in [0.5, 0.6) is 11.5 Å². The molecular formula is C22H29NO4. The van der Waals surface area contributed by atoms with Crippen molar-refractivity contribution in [3.8, 4) is 11.5 Å². The van der Waals surface area contributed by atoms with Crippen LogP contribution in [0.4, 0.5) is 5.69 Å². The summed E-state index contributed by atoms with van der Waals surface area (Å²) in [6.07, 6.45) is 1.60. The largest absolute Gasteiger partial charge is 0.508 e. The van der Waals surface area contributed by atoms with Crippen LogP contribution < -0.4 is 4.90 Å². The Balaban J connectivity index is 0.000000855. The van der Waals surface area contributed by atoms with Gasteiger partial charge in [0.1, 0.15) is 11.5 Å². The van der Waals surface area contributed by atoms with Crippen molar-refractivity contribution in [1.82, 2.24) is 0 Å². The number of rotatable bonds is 2. The van der Waals surface area contributed by atoms with Gasteiger partial charge in [-0.3, -0.25) is 9.59 Å². The van der Waals surface area contributed by atoms with Gasteiger partial charge in [-0.1, -0.05) is 27.7 Å². The fourth-order valence-corrected chi connectivity index (χ4v) is 2.87. The van der Waals surface area contributed by atoms with Gasteiger partial charge in [-0.2, -0.15) is 0 Å². The van der Waals surface area contributed by atoms with Crippen molar-refractivity contribution in [3.05, 3.63) is 53.1 Å². The number of phenols is 2. The third-order valence-electron chi connectivity index (χ3n) is 4.06. The number of anilines is 1. The van der Waals surface area contributed by atoms with Crippen LogP contribution in [0.1, 0.15) is 67.3 Å². The van der Waals surface area contributed by atoms with Crippen molar-refractivity contribution in [2.75, 3.05) is 11.4 Å². The number of amides is 1. The molecule has 0 saturated heterocycles. The van der Waals surface area contributed by atoms with Crippen molar-refractivity contribution in [2.24, 2.45) is 0 Å². The number of fused-ring (bicyclic) bond motifs is 1. The van der Waals surface area contributed by atoms with Crippen molar-refractivity contribution in [1.29, 1.82) is 0 Å². The first-order valence-corrected chi connectivity index (χ1v) is 9.45. The molecule has 0 aliphatic carbocycles. The predicted molar refractivity (Wildman–Crippen MR) is 109 cm³/mol. The summed E-state index contributed by atoms with van der Waals surface area (Å²) in [6, 6.07) is 9.25. The number of aryl methyl sites for hydroxylation is 1. The monoisotopic (exact) mass is 371 g/mol. The molecule has 2 N–H and O–H groups in total. The van der Waals surface area contributed by atoms with Crippen LogP contribution in [0, 0.1) is 0 Å². The SMILES string of the molecule is CC.CC.CC(=O)c1ccc2c(c1)CCCN2C(=O)c1ccc(O)cc1O. The zero-order chi connectivity index (χ0) is 20.6. The normalized spacial score (nSPS) is 12.0. The molecule has 27 heavy (non-hydrogen) atoms. The Morgan fingerprint density at radius 2 is 1.63 bits per heavy atom. The average Bonchev–Trinajstić information content (AvgIpc) is 2.69. The summed E-state index contributed by atoms with van der Waals surface area (Å²) in [4.78, 5) is 25.8. The molecule has 2 aromatic rings. The number of carbonyl (C=O) groups is 2. The van der Waals surface area contributed by atoms with Crippen molar-refractivity contribution >= 4 is 17.4 Å². The number of hydrogen-bond donors (Lipinski definition) is 2. The highest BCUT2D eigenvalue weighted by Gasteiger charge is 2.25. The summed E-state index contributed by atoms with van der Waals surface area (Å²) in [6.45, 7) is 10.1. The first kappa shape index (κ1) is 22.2. The van der Waals surface area contributed by atoms with Gasteiger partial charge >= 0.3 is 0 Å². The minimum atomic E-state index is -0.320. The highest BCUT2D eigenvalue weighted by atomic mass is 16.3. The fraction of sp³-hybridized carbons (Fsp3) is 0.364. The second kappa shape index (κ2) is 10.4. The Kier molecular flexibility index (Phi) is 8.52. The maximum absolute atomic E-state index is 12.7. The van der Waals surface area contributed by atoms with Crippen LogP contribution >= 0.6 is 0 Å². The van der Waals surface area contributed by atoms with Gasteiger partial charge < -0.3 is 15.1 Å². The van der Waals surface area contributed by atoms with E-state index in [-0.39, 0.29) is 28.8 Å². The number of hydrogen-bond acceptors (Lipinski definition) is 4. The first-order chi connectivity index (χ1) is 13.0. The second-order valence-corrected chi connectivity index (χ2v) is 5.66. The van der Waals surface area contributed by atoms with E-state index in [2.05, 4.69) is 0 Å². The smallest absolute Gasteiger partial charge is 0.262 e. The van der Waals surface area contributed by atoms with Gasteiger partial charge in [0.05, 0.1) is 5.56 Å². The van der Waals surface area contributed by atoms with Crippen molar-refractivity contribution in [3.63, 3.8) is 0 Å². The standard InChI is InChI=1S/C18H17NO4.2C2H6/c1-11(20)12-4-7-16-13(9-12)3-2-8-19(16)18(23)15-6-5-14(21)10-17(15)22;2*1-2/h4-7,9-10,21-22H,2-3,8H2,1H3;2*1-2H3. The quantitative estimate of drug-likeness (QED) is 0.733. The maximum Gasteiger partial charge on any atom is 0.262 e. The van der Waals surface area contributed by atoms with E-state index in [9.17, 15) is 19.8 Å². The third kappa shape index (κ3) is 5.09. The van der Waals surface area contributed by atoms with E-state index in [1.807, 2.05) is 33.8 Å². The molecule has 3 rings (SSSR count). The highest BCUT2D eigenvalue weighted by Crippen LogP contribution is 2.32. The lowest BCUT2D eigenvalue weighted by molar-refractivity contribution is 0.0981. The van der Waals surface area contributed by atoms with Gasteiger partial charge in [0, 0.05) is 23.9 Å². The summed E-state index contributed by atoms with van der Waals surface area (Å²) in [5, 5.41) is 19.3. The number of Topliss-reactive ketones (excluding diaryl/α,β-unsaturated/α-hetero) is 1. The number of ketones is 1. The predicted octanol–water partition coefficient (Wildman–Crippen LogP) is 4.95. The van der Waals surface area contributed by atoms with E-state index in [1.165, 1.54) is 19.1 Å². The van der Waals surface area contributed by atoms with Gasteiger partial charge in [0.15, 0.2) is 5.78 Å². The van der Waals surface area contributed by atoms with Gasteiger partial charge in [-0.15, -0.1) is 0 Å². The van der Waals surface area contributed by atoms with Crippen LogP contribution in [-0.4, -0.2) is 28.4 Å². The molecule has 0 fully saturated rings. The van der Waals surface area contributed by atoms with E-state index in [1.54, 1.807) is 17.0 Å². The molecule has 1 amide bonds. The summed E-state index contributed by atoms with van der Waals surface area (Å²) in [5.74, 6) is -0.668. The van der Waals surface area contributed by atoms with E-state index in [4.69, 9.17) is 0 Å². The summed E-state index contributed by atoms with van der Waals surface area (Å²) in [5.41, 5.74) is 2.49. The van der Waals surface area contributed by atoms with Crippen LogP contribution in [0.2, 0.25) is 0 Å². The second-order valence-electron chi connectivity index (χ2n) is 5.66. The molecule has 1 heterocycles. The molecular weight excluding hydrogens is 342 g/mol. The van der Waals surface area contributed by atoms with Gasteiger partial charge in [-0.25, -0.2) is 0 Å². The Morgan fingerprint density at radius 1 is 0.963 bits per heavy atom. The maximum atomic E-state index is 12.7. The number of aromatic hydroxyl groups is 2. The Bertz CT molecular complexity index is 799. The van der Waals surface area contributed by atoms with E-state index < -0.39 is 0 Å². The van der Waals surface area contributed by atoms with Crippen LogP contribution in [-0.2, 0) is 6.42 Å². The lowest BCUT2D eigenvalue weighted by atomic mass is 9.97. The molecule has 0 spiro atoms. The van der Waals surface area contributed by atoms with Crippen molar-refractivity contribution in [2.45, 2.75) is 47.5 Å². The third-order valence-corrected chi connectivity index (χ3v) is 4.06. The van der Waals surface area contributed by atoms with Crippen LogP contribution in [0.15, 0.2) is 36.4 Å². The Morgan fingerprint density at radius 3 is 2.22 bits per heavy atom. The van der Waals surface area contributed by atoms with Gasteiger partial charge in [0.25, 0.3) is 5.91 Å². The molecule has 2 aromatic carbocycles. The molecule has 5 nitrogen and oxygen atoms in total. The molecule has 1 aliphatic heterocycles. The summed E-state index contributed by atoms with van der Waals surface area (Å²) in [7, 11) is 0. The molecule has 1 aliphatic rings. The minimum Gasteiger partial charge on any atom is -0.508 e. The van der Waals surface area contributed by atoms with Crippen molar-refractivity contribution < 1.29 is 19.8 Å². The van der Waals surface area contributed by atoms with Gasteiger partial charge in [-0.05, 0) is 55.7 Å². The molecule has 0 radical (unpaired) electrons. The zero-order valence-corrected chi connectivity index (χ0v) is 16.7. The van der Waals surface area contributed by atoms with E-state index in [0.29, 0.717) is 12.1 Å². The lowest BCUT2D eigenvalue weighted by Crippen LogP contribution is -2.35. The number of nitrogens with zero attached hydrogens (tertiary/aromatic N) is 1. The lowest BCUT2D eigenvalue weighted by Gasteiger charge is -2.30.